The second-order valence-electron chi connectivity index (χ2n) is 5.86. The van der Waals surface area contributed by atoms with Crippen LogP contribution in [0.15, 0.2) is 18.2 Å². The Bertz CT molecular complexity index is 517. The Morgan fingerprint density at radius 1 is 1.20 bits per heavy atom. The summed E-state index contributed by atoms with van der Waals surface area (Å²) in [5.74, 6) is 0.703. The Labute approximate surface area is 130 Å². The van der Waals surface area contributed by atoms with Crippen molar-refractivity contribution in [1.29, 1.82) is 0 Å². The Morgan fingerprint density at radius 3 is 2.80 bits per heavy atom. The maximum atomic E-state index is 12.0. The van der Waals surface area contributed by atoms with Crippen molar-refractivity contribution in [2.24, 2.45) is 5.92 Å². The van der Waals surface area contributed by atoms with Crippen LogP contribution in [-0.4, -0.2) is 23.3 Å². The minimum Gasteiger partial charge on any atom is -0.299 e. The Hall–Kier alpha value is -0.570. The normalized spacial score (nSPS) is 27.4. The molecule has 2 unspecified atom stereocenters. The highest BCUT2D eigenvalue weighted by Gasteiger charge is 2.38. The van der Waals surface area contributed by atoms with Gasteiger partial charge in [0, 0.05) is 24.9 Å². The fourth-order valence-corrected chi connectivity index (χ4v) is 4.02. The van der Waals surface area contributed by atoms with E-state index in [1.807, 2.05) is 18.2 Å². The van der Waals surface area contributed by atoms with E-state index in [9.17, 15) is 4.79 Å². The van der Waals surface area contributed by atoms with Gasteiger partial charge in [-0.3, -0.25) is 9.69 Å². The predicted molar refractivity (Wildman–Crippen MR) is 82.2 cm³/mol. The number of hydrogen-bond donors (Lipinski definition) is 0. The number of halogens is 2. The van der Waals surface area contributed by atoms with Crippen molar-refractivity contribution in [2.75, 3.05) is 6.54 Å². The van der Waals surface area contributed by atoms with Crippen LogP contribution in [0.2, 0.25) is 10.0 Å². The zero-order valence-corrected chi connectivity index (χ0v) is 13.0. The molecule has 2 atom stereocenters. The highest BCUT2D eigenvalue weighted by atomic mass is 35.5. The summed E-state index contributed by atoms with van der Waals surface area (Å²) in [7, 11) is 0. The Balaban J connectivity index is 1.76. The van der Waals surface area contributed by atoms with Gasteiger partial charge in [0.15, 0.2) is 0 Å². The molecule has 2 nitrogen and oxygen atoms in total. The standard InChI is InChI=1S/C16H19Cl2NO/c17-13-6-1-4-11(16(13)18)10-19-9-3-7-14(19)12-5-2-8-15(12)20/h1,4,6,12,14H,2-3,5,7-10H2. The third-order valence-electron chi connectivity index (χ3n) is 4.64. The van der Waals surface area contributed by atoms with E-state index >= 15 is 0 Å². The minimum atomic E-state index is 0.246. The van der Waals surface area contributed by atoms with Gasteiger partial charge in [-0.15, -0.1) is 0 Å². The van der Waals surface area contributed by atoms with E-state index in [2.05, 4.69) is 4.90 Å². The van der Waals surface area contributed by atoms with E-state index in [1.165, 1.54) is 6.42 Å². The van der Waals surface area contributed by atoms with Crippen molar-refractivity contribution in [3.8, 4) is 0 Å². The molecule has 2 aliphatic rings. The van der Waals surface area contributed by atoms with Crippen LogP contribution in [0.4, 0.5) is 0 Å². The molecule has 4 heteroatoms. The average molecular weight is 312 g/mol. The summed E-state index contributed by atoms with van der Waals surface area (Å²) in [4.78, 5) is 14.4. The molecule has 1 saturated heterocycles. The highest BCUT2D eigenvalue weighted by Crippen LogP contribution is 2.35. The molecule has 1 aromatic carbocycles. The maximum absolute atomic E-state index is 12.0. The molecule has 1 aromatic rings. The third kappa shape index (κ3) is 2.74. The second kappa shape index (κ2) is 6.05. The van der Waals surface area contributed by atoms with Crippen LogP contribution in [0.3, 0.4) is 0 Å². The molecule has 108 valence electrons. The van der Waals surface area contributed by atoms with Gasteiger partial charge < -0.3 is 0 Å². The van der Waals surface area contributed by atoms with Gasteiger partial charge in [-0.1, -0.05) is 35.3 Å². The molecule has 0 aromatic heterocycles. The summed E-state index contributed by atoms with van der Waals surface area (Å²) in [6.45, 7) is 1.85. The van der Waals surface area contributed by atoms with Crippen LogP contribution in [0.25, 0.3) is 0 Å². The summed E-state index contributed by atoms with van der Waals surface area (Å²) < 4.78 is 0. The number of carbonyl (C=O) groups excluding carboxylic acids is 1. The van der Waals surface area contributed by atoms with Gasteiger partial charge in [0.25, 0.3) is 0 Å². The first kappa shape index (κ1) is 14.4. The number of likely N-dealkylation sites (tertiary alicyclic amines) is 1. The number of ketones is 1. The monoisotopic (exact) mass is 311 g/mol. The first-order chi connectivity index (χ1) is 9.66. The molecule has 0 spiro atoms. The molecule has 0 N–H and O–H groups in total. The fourth-order valence-electron chi connectivity index (χ4n) is 3.64. The number of benzene rings is 1. The summed E-state index contributed by atoms with van der Waals surface area (Å²) in [5.41, 5.74) is 1.07. The van der Waals surface area contributed by atoms with Crippen molar-refractivity contribution >= 4 is 29.0 Å². The van der Waals surface area contributed by atoms with Crippen molar-refractivity contribution in [2.45, 2.75) is 44.7 Å². The number of Topliss-reactive ketones (excluding diaryl/α,β-unsaturated/α-hetero) is 1. The second-order valence-corrected chi connectivity index (χ2v) is 6.64. The van der Waals surface area contributed by atoms with Crippen LogP contribution < -0.4 is 0 Å². The molecule has 0 amide bonds. The molecular weight excluding hydrogens is 293 g/mol. The van der Waals surface area contributed by atoms with Crippen LogP contribution in [0.5, 0.6) is 0 Å². The van der Waals surface area contributed by atoms with Gasteiger partial charge in [-0.05, 0) is 43.9 Å². The van der Waals surface area contributed by atoms with Gasteiger partial charge in [-0.25, -0.2) is 0 Å². The molecule has 1 heterocycles. The van der Waals surface area contributed by atoms with Crippen molar-refractivity contribution in [1.82, 2.24) is 4.90 Å². The number of rotatable bonds is 3. The molecule has 20 heavy (non-hydrogen) atoms. The molecule has 3 rings (SSSR count). The van der Waals surface area contributed by atoms with E-state index in [1.54, 1.807) is 0 Å². The summed E-state index contributed by atoms with van der Waals surface area (Å²) >= 11 is 12.4. The van der Waals surface area contributed by atoms with Crippen molar-refractivity contribution < 1.29 is 4.79 Å². The number of carbonyl (C=O) groups is 1. The quantitative estimate of drug-likeness (QED) is 0.828. The Morgan fingerprint density at radius 2 is 2.05 bits per heavy atom. The van der Waals surface area contributed by atoms with Crippen molar-refractivity contribution in [3.63, 3.8) is 0 Å². The smallest absolute Gasteiger partial charge is 0.137 e. The lowest BCUT2D eigenvalue weighted by atomic mass is 9.95. The molecule has 0 radical (unpaired) electrons. The van der Waals surface area contributed by atoms with Gasteiger partial charge in [0.05, 0.1) is 10.0 Å². The molecule has 2 fully saturated rings. The Kier molecular flexibility index (Phi) is 4.34. The lowest BCUT2D eigenvalue weighted by molar-refractivity contribution is -0.122. The zero-order valence-electron chi connectivity index (χ0n) is 11.4. The van der Waals surface area contributed by atoms with Crippen LogP contribution in [0.1, 0.15) is 37.7 Å². The zero-order chi connectivity index (χ0) is 14.1. The van der Waals surface area contributed by atoms with Crippen LogP contribution in [-0.2, 0) is 11.3 Å². The SMILES string of the molecule is O=C1CCCC1C1CCCN1Cc1cccc(Cl)c1Cl. The average Bonchev–Trinajstić information content (AvgIpc) is 3.03. The number of nitrogens with zero attached hydrogens (tertiary/aromatic N) is 1. The summed E-state index contributed by atoms with van der Waals surface area (Å²) in [5, 5.41) is 1.26. The number of hydrogen-bond acceptors (Lipinski definition) is 2. The van der Waals surface area contributed by atoms with E-state index in [4.69, 9.17) is 23.2 Å². The van der Waals surface area contributed by atoms with Gasteiger partial charge in [0.2, 0.25) is 0 Å². The molecule has 1 aliphatic heterocycles. The van der Waals surface area contributed by atoms with Gasteiger partial charge >= 0.3 is 0 Å². The first-order valence-corrected chi connectivity index (χ1v) is 8.12. The van der Waals surface area contributed by atoms with E-state index in [-0.39, 0.29) is 5.92 Å². The maximum Gasteiger partial charge on any atom is 0.137 e. The molecule has 1 aliphatic carbocycles. The first-order valence-electron chi connectivity index (χ1n) is 7.36. The van der Waals surface area contributed by atoms with Crippen LogP contribution >= 0.6 is 23.2 Å². The van der Waals surface area contributed by atoms with Crippen molar-refractivity contribution in [3.05, 3.63) is 33.8 Å². The summed E-state index contributed by atoms with van der Waals surface area (Å²) in [6.07, 6.45) is 5.20. The summed E-state index contributed by atoms with van der Waals surface area (Å²) in [6, 6.07) is 6.19. The van der Waals surface area contributed by atoms with E-state index in [0.717, 1.165) is 44.3 Å². The largest absolute Gasteiger partial charge is 0.299 e. The molecule has 1 saturated carbocycles. The third-order valence-corrected chi connectivity index (χ3v) is 5.49. The van der Waals surface area contributed by atoms with Gasteiger partial charge in [0.1, 0.15) is 5.78 Å². The fraction of sp³-hybridized carbons (Fsp3) is 0.562. The predicted octanol–water partition coefficient (Wildman–Crippen LogP) is 4.33. The topological polar surface area (TPSA) is 20.3 Å². The van der Waals surface area contributed by atoms with E-state index in [0.29, 0.717) is 21.9 Å². The molecule has 0 bridgehead atoms. The molecular formula is C16H19Cl2NO. The van der Waals surface area contributed by atoms with Gasteiger partial charge in [-0.2, -0.15) is 0 Å². The lowest BCUT2D eigenvalue weighted by Gasteiger charge is -2.28. The highest BCUT2D eigenvalue weighted by molar-refractivity contribution is 6.42. The minimum absolute atomic E-state index is 0.246. The van der Waals surface area contributed by atoms with Crippen LogP contribution in [0, 0.1) is 5.92 Å². The lowest BCUT2D eigenvalue weighted by Crippen LogP contribution is -2.37. The van der Waals surface area contributed by atoms with E-state index < -0.39 is 0 Å².